The lowest BCUT2D eigenvalue weighted by atomic mass is 10.2. The molecule has 2 aromatic carbocycles. The average Bonchev–Trinajstić information content (AvgIpc) is 3.18. The molecule has 0 aliphatic heterocycles. The topological polar surface area (TPSA) is 116 Å². The Labute approximate surface area is 192 Å². The van der Waals surface area contributed by atoms with E-state index in [2.05, 4.69) is 44.0 Å². The van der Waals surface area contributed by atoms with Crippen LogP contribution >= 0.6 is 0 Å². The Hall–Kier alpha value is -3.92. The lowest BCUT2D eigenvalue weighted by molar-refractivity contribution is 0.217. The number of imidazole rings is 1. The lowest BCUT2D eigenvalue weighted by Crippen LogP contribution is -2.27. The highest BCUT2D eigenvalue weighted by Crippen LogP contribution is 2.31. The van der Waals surface area contributed by atoms with Gasteiger partial charge in [0.15, 0.2) is 11.5 Å². The van der Waals surface area contributed by atoms with E-state index in [1.165, 1.54) is 6.33 Å². The van der Waals surface area contributed by atoms with Crippen LogP contribution in [-0.4, -0.2) is 62.8 Å². The van der Waals surface area contributed by atoms with Gasteiger partial charge in [0.1, 0.15) is 12.9 Å². The second kappa shape index (κ2) is 10.1. The molecule has 4 aromatic rings. The van der Waals surface area contributed by atoms with Gasteiger partial charge in [-0.15, -0.1) is 0 Å². The second-order valence-electron chi connectivity index (χ2n) is 7.27. The van der Waals surface area contributed by atoms with Gasteiger partial charge in [0.2, 0.25) is 17.8 Å². The third kappa shape index (κ3) is 4.96. The van der Waals surface area contributed by atoms with Gasteiger partial charge in [0, 0.05) is 18.3 Å². The quantitative estimate of drug-likeness (QED) is 0.377. The van der Waals surface area contributed by atoms with Gasteiger partial charge in [-0.25, -0.2) is 19.5 Å². The lowest BCUT2D eigenvalue weighted by Gasteiger charge is -2.19. The van der Waals surface area contributed by atoms with Crippen molar-refractivity contribution >= 4 is 28.6 Å². The molecule has 0 radical (unpaired) electrons. The van der Waals surface area contributed by atoms with Crippen molar-refractivity contribution in [2.45, 2.75) is 13.8 Å². The molecule has 0 aliphatic carbocycles. The first-order chi connectivity index (χ1) is 16.1. The maximum absolute atomic E-state index is 6.12. The van der Waals surface area contributed by atoms with Crippen LogP contribution in [-0.2, 0) is 0 Å². The van der Waals surface area contributed by atoms with Crippen molar-refractivity contribution in [2.24, 2.45) is 0 Å². The fraction of sp³-hybridized carbons (Fsp3) is 0.304. The number of ether oxygens (including phenoxy) is 2. The SMILES string of the molecule is CCN(CC)CCOc1ccc(Nc2ncnc(-n3c(N)nc4ccccc43)n2)cc1OC. The van der Waals surface area contributed by atoms with Crippen molar-refractivity contribution in [1.82, 2.24) is 29.4 Å². The van der Waals surface area contributed by atoms with Crippen LogP contribution in [0.5, 0.6) is 11.5 Å². The number of methoxy groups -OCH3 is 1. The molecule has 0 saturated heterocycles. The third-order valence-electron chi connectivity index (χ3n) is 5.33. The minimum atomic E-state index is 0.307. The number of rotatable bonds is 10. The molecule has 10 nitrogen and oxygen atoms in total. The van der Waals surface area contributed by atoms with Gasteiger partial charge in [-0.1, -0.05) is 26.0 Å². The molecule has 0 atom stereocenters. The number of nitrogens with two attached hydrogens (primary N) is 1. The largest absolute Gasteiger partial charge is 0.493 e. The molecule has 0 bridgehead atoms. The van der Waals surface area contributed by atoms with Crippen molar-refractivity contribution < 1.29 is 9.47 Å². The van der Waals surface area contributed by atoms with Crippen molar-refractivity contribution in [3.63, 3.8) is 0 Å². The molecular formula is C23H28N8O2. The van der Waals surface area contributed by atoms with Crippen LogP contribution in [0.3, 0.4) is 0 Å². The van der Waals surface area contributed by atoms with Crippen LogP contribution in [0.2, 0.25) is 0 Å². The molecule has 4 rings (SSSR count). The van der Waals surface area contributed by atoms with Gasteiger partial charge in [-0.3, -0.25) is 0 Å². The predicted molar refractivity (Wildman–Crippen MR) is 128 cm³/mol. The molecule has 3 N–H and O–H groups in total. The van der Waals surface area contributed by atoms with Crippen LogP contribution < -0.4 is 20.5 Å². The van der Waals surface area contributed by atoms with Gasteiger partial charge >= 0.3 is 0 Å². The average molecular weight is 449 g/mol. The zero-order valence-electron chi connectivity index (χ0n) is 19.0. The summed E-state index contributed by atoms with van der Waals surface area (Å²) in [5.41, 5.74) is 8.46. The first-order valence-electron chi connectivity index (χ1n) is 10.9. The van der Waals surface area contributed by atoms with Crippen molar-refractivity contribution in [3.05, 3.63) is 48.8 Å². The molecule has 0 unspecified atom stereocenters. The number of benzene rings is 2. The van der Waals surface area contributed by atoms with E-state index in [9.17, 15) is 0 Å². The number of anilines is 3. The van der Waals surface area contributed by atoms with E-state index in [4.69, 9.17) is 15.2 Å². The summed E-state index contributed by atoms with van der Waals surface area (Å²) in [5, 5.41) is 3.19. The van der Waals surface area contributed by atoms with Gasteiger partial charge in [0.25, 0.3) is 0 Å². The van der Waals surface area contributed by atoms with Crippen molar-refractivity contribution in [2.75, 3.05) is 44.4 Å². The van der Waals surface area contributed by atoms with E-state index in [-0.39, 0.29) is 0 Å². The van der Waals surface area contributed by atoms with Gasteiger partial charge in [-0.05, 0) is 37.4 Å². The Morgan fingerprint density at radius 2 is 1.85 bits per heavy atom. The van der Waals surface area contributed by atoms with Crippen molar-refractivity contribution in [3.8, 4) is 17.4 Å². The zero-order chi connectivity index (χ0) is 23.2. The fourth-order valence-electron chi connectivity index (χ4n) is 3.53. The standard InChI is InChI=1S/C23H28N8O2/c1-4-30(5-2)12-13-33-19-11-10-16(14-20(19)32-3)27-22-25-15-26-23(29-22)31-18-9-7-6-8-17(18)28-21(31)24/h6-11,14-15H,4-5,12-13H2,1-3H3,(H2,24,28)(H,25,26,27,29). The Morgan fingerprint density at radius 1 is 1.03 bits per heavy atom. The van der Waals surface area contributed by atoms with Gasteiger partial charge in [-0.2, -0.15) is 4.98 Å². The van der Waals surface area contributed by atoms with E-state index in [1.807, 2.05) is 42.5 Å². The predicted octanol–water partition coefficient (Wildman–Crippen LogP) is 3.27. The molecule has 2 heterocycles. The Bertz CT molecular complexity index is 1220. The number of hydrogen-bond acceptors (Lipinski definition) is 9. The first kappa shape index (κ1) is 22.3. The monoisotopic (exact) mass is 448 g/mol. The molecule has 0 fully saturated rings. The molecule has 0 amide bonds. The van der Waals surface area contributed by atoms with E-state index in [0.29, 0.717) is 36.0 Å². The zero-order valence-corrected chi connectivity index (χ0v) is 19.0. The Kier molecular flexibility index (Phi) is 6.84. The molecule has 0 aliphatic rings. The molecule has 33 heavy (non-hydrogen) atoms. The van der Waals surface area contributed by atoms with Crippen LogP contribution in [0.1, 0.15) is 13.8 Å². The number of aromatic nitrogens is 5. The van der Waals surface area contributed by atoms with Gasteiger partial charge in [0.05, 0.1) is 18.1 Å². The van der Waals surface area contributed by atoms with Crippen LogP contribution in [0.4, 0.5) is 17.6 Å². The molecule has 10 heteroatoms. The van der Waals surface area contributed by atoms with Crippen LogP contribution in [0.25, 0.3) is 17.0 Å². The summed E-state index contributed by atoms with van der Waals surface area (Å²) in [6.07, 6.45) is 1.43. The fourth-order valence-corrected chi connectivity index (χ4v) is 3.53. The maximum atomic E-state index is 6.12. The number of nitrogen functional groups attached to an aromatic ring is 1. The molecule has 2 aromatic heterocycles. The summed E-state index contributed by atoms with van der Waals surface area (Å²) in [6, 6.07) is 13.2. The highest BCUT2D eigenvalue weighted by atomic mass is 16.5. The smallest absolute Gasteiger partial charge is 0.241 e. The first-order valence-corrected chi connectivity index (χ1v) is 10.9. The molecular weight excluding hydrogens is 420 g/mol. The number of fused-ring (bicyclic) bond motifs is 1. The number of likely N-dealkylation sites (N-methyl/N-ethyl adjacent to an activating group) is 1. The summed E-state index contributed by atoms with van der Waals surface area (Å²) >= 11 is 0. The molecule has 0 spiro atoms. The summed E-state index contributed by atoms with van der Waals surface area (Å²) < 4.78 is 13.1. The Morgan fingerprint density at radius 3 is 2.64 bits per heavy atom. The third-order valence-corrected chi connectivity index (χ3v) is 5.33. The summed E-state index contributed by atoms with van der Waals surface area (Å²) in [6.45, 7) is 7.71. The van der Waals surface area contributed by atoms with E-state index >= 15 is 0 Å². The van der Waals surface area contributed by atoms with E-state index < -0.39 is 0 Å². The maximum Gasteiger partial charge on any atom is 0.241 e. The van der Waals surface area contributed by atoms with E-state index in [1.54, 1.807) is 11.7 Å². The highest BCUT2D eigenvalue weighted by molar-refractivity contribution is 5.80. The van der Waals surface area contributed by atoms with Gasteiger partial charge < -0.3 is 25.4 Å². The number of para-hydroxylation sites is 2. The minimum Gasteiger partial charge on any atom is -0.493 e. The molecule has 0 saturated carbocycles. The highest BCUT2D eigenvalue weighted by Gasteiger charge is 2.13. The number of nitrogens with zero attached hydrogens (tertiary/aromatic N) is 6. The van der Waals surface area contributed by atoms with Crippen LogP contribution in [0.15, 0.2) is 48.8 Å². The molecule has 172 valence electrons. The summed E-state index contributed by atoms with van der Waals surface area (Å²) in [7, 11) is 1.62. The number of hydrogen-bond donors (Lipinski definition) is 2. The Balaban J connectivity index is 1.52. The van der Waals surface area contributed by atoms with Crippen molar-refractivity contribution in [1.29, 1.82) is 0 Å². The normalized spacial score (nSPS) is 11.2. The second-order valence-corrected chi connectivity index (χ2v) is 7.27. The number of nitrogens with one attached hydrogen (secondary N) is 1. The van der Waals surface area contributed by atoms with Crippen LogP contribution in [0, 0.1) is 0 Å². The summed E-state index contributed by atoms with van der Waals surface area (Å²) in [4.78, 5) is 19.7. The van der Waals surface area contributed by atoms with E-state index in [0.717, 1.165) is 36.4 Å². The summed E-state index contributed by atoms with van der Waals surface area (Å²) in [5.74, 6) is 2.36. The minimum absolute atomic E-state index is 0.307.